The number of benzene rings is 1. The van der Waals surface area contributed by atoms with E-state index in [1.165, 1.54) is 23.8 Å². The molecule has 0 aliphatic carbocycles. The number of halogens is 1. The maximum absolute atomic E-state index is 13.7. The zero-order chi connectivity index (χ0) is 25.1. The minimum Gasteiger partial charge on any atom is -0.494 e. The van der Waals surface area contributed by atoms with Gasteiger partial charge in [-0.05, 0) is 48.7 Å². The van der Waals surface area contributed by atoms with Gasteiger partial charge < -0.3 is 19.5 Å². The molecular formula is C26H27FN4O4. The minimum atomic E-state index is -0.458. The molecule has 1 aliphatic rings. The van der Waals surface area contributed by atoms with Gasteiger partial charge in [-0.2, -0.15) is 0 Å². The van der Waals surface area contributed by atoms with Gasteiger partial charge in [0, 0.05) is 49.1 Å². The molecule has 0 spiro atoms. The highest BCUT2D eigenvalue weighted by atomic mass is 19.1. The van der Waals surface area contributed by atoms with Crippen molar-refractivity contribution in [2.24, 2.45) is 12.2 Å². The number of hydrogen-bond acceptors (Lipinski definition) is 6. The third kappa shape index (κ3) is 5.08. The number of rotatable bonds is 7. The van der Waals surface area contributed by atoms with E-state index in [1.54, 1.807) is 37.5 Å². The molecule has 0 saturated heterocycles. The van der Waals surface area contributed by atoms with Crippen LogP contribution in [-0.4, -0.2) is 28.3 Å². The Morgan fingerprint density at radius 3 is 2.80 bits per heavy atom. The first-order valence-corrected chi connectivity index (χ1v) is 11.3. The van der Waals surface area contributed by atoms with E-state index >= 15 is 0 Å². The Morgan fingerprint density at radius 2 is 2.09 bits per heavy atom. The molecular weight excluding hydrogens is 451 g/mol. The van der Waals surface area contributed by atoms with Crippen LogP contribution in [0.5, 0.6) is 5.75 Å². The van der Waals surface area contributed by atoms with Gasteiger partial charge in [-0.15, -0.1) is 0 Å². The molecule has 0 bridgehead atoms. The lowest BCUT2D eigenvalue weighted by Gasteiger charge is -2.14. The number of oxime groups is 1. The van der Waals surface area contributed by atoms with Gasteiger partial charge in [0.25, 0.3) is 5.91 Å². The van der Waals surface area contributed by atoms with Crippen LogP contribution in [-0.2, 0) is 24.9 Å². The number of carbonyl (C=O) groups excluding carboxylic acids is 1. The van der Waals surface area contributed by atoms with E-state index in [1.807, 2.05) is 13.8 Å². The fourth-order valence-corrected chi connectivity index (χ4v) is 4.10. The zero-order valence-electron chi connectivity index (χ0n) is 20.1. The van der Waals surface area contributed by atoms with Crippen molar-refractivity contribution >= 4 is 11.6 Å². The molecule has 2 aromatic heterocycles. The predicted octanol–water partition coefficient (Wildman–Crippen LogP) is 3.59. The SMILES string of the molecule is CCc1c(C(=O)NCc2ccc(F)c(OC)c2)cc(C2=NOC(c3ccc(=O)n(C)c3)C2)nc1C. The van der Waals surface area contributed by atoms with Crippen LogP contribution in [0.1, 0.15) is 57.9 Å². The molecule has 3 heterocycles. The number of ether oxygens (including phenoxy) is 1. The molecule has 1 atom stereocenters. The molecule has 1 N–H and O–H groups in total. The summed E-state index contributed by atoms with van der Waals surface area (Å²) in [7, 11) is 3.08. The summed E-state index contributed by atoms with van der Waals surface area (Å²) < 4.78 is 20.2. The summed E-state index contributed by atoms with van der Waals surface area (Å²) in [4.78, 5) is 35.1. The monoisotopic (exact) mass is 478 g/mol. The topological polar surface area (TPSA) is 94.8 Å². The van der Waals surface area contributed by atoms with E-state index in [0.717, 1.165) is 16.8 Å². The zero-order valence-corrected chi connectivity index (χ0v) is 20.1. The largest absolute Gasteiger partial charge is 0.494 e. The van der Waals surface area contributed by atoms with E-state index < -0.39 is 5.82 Å². The summed E-state index contributed by atoms with van der Waals surface area (Å²) >= 11 is 0. The van der Waals surface area contributed by atoms with Crippen molar-refractivity contribution in [1.82, 2.24) is 14.9 Å². The average Bonchev–Trinajstić information content (AvgIpc) is 3.35. The number of nitrogens with zero attached hydrogens (tertiary/aromatic N) is 3. The second kappa shape index (κ2) is 10.1. The van der Waals surface area contributed by atoms with Gasteiger partial charge in [-0.3, -0.25) is 14.6 Å². The molecule has 0 radical (unpaired) electrons. The van der Waals surface area contributed by atoms with Gasteiger partial charge >= 0.3 is 0 Å². The maximum Gasteiger partial charge on any atom is 0.251 e. The Kier molecular flexibility index (Phi) is 6.95. The fraction of sp³-hybridized carbons (Fsp3) is 0.308. The van der Waals surface area contributed by atoms with Gasteiger partial charge in [0.15, 0.2) is 17.7 Å². The van der Waals surface area contributed by atoms with Crippen molar-refractivity contribution in [3.8, 4) is 5.75 Å². The standard InChI is InChI=1S/C26H27FN4O4/c1-5-18-15(2)29-21(22-12-23(35-30-22)17-7-9-25(32)31(3)14-17)11-19(18)26(33)28-13-16-6-8-20(27)24(10-16)34-4/h6-11,14,23H,5,12-13H2,1-4H3,(H,28,33). The number of methoxy groups -OCH3 is 1. The molecule has 1 aromatic carbocycles. The molecule has 182 valence electrons. The highest BCUT2D eigenvalue weighted by molar-refractivity contribution is 6.03. The van der Waals surface area contributed by atoms with Crippen molar-refractivity contribution in [2.45, 2.75) is 39.3 Å². The fourth-order valence-electron chi connectivity index (χ4n) is 4.10. The number of aromatic nitrogens is 2. The third-order valence-electron chi connectivity index (χ3n) is 6.04. The first-order chi connectivity index (χ1) is 16.8. The summed E-state index contributed by atoms with van der Waals surface area (Å²) in [5, 5.41) is 7.12. The van der Waals surface area contributed by atoms with Crippen LogP contribution in [0.2, 0.25) is 0 Å². The number of aryl methyl sites for hydroxylation is 2. The van der Waals surface area contributed by atoms with Crippen molar-refractivity contribution in [2.75, 3.05) is 7.11 Å². The van der Waals surface area contributed by atoms with Crippen LogP contribution in [0.4, 0.5) is 4.39 Å². The molecule has 0 saturated carbocycles. The second-order valence-corrected chi connectivity index (χ2v) is 8.37. The summed E-state index contributed by atoms with van der Waals surface area (Å²) in [6.45, 7) is 4.05. The molecule has 8 nitrogen and oxygen atoms in total. The van der Waals surface area contributed by atoms with Crippen LogP contribution in [0, 0.1) is 12.7 Å². The summed E-state index contributed by atoms with van der Waals surface area (Å²) in [6.07, 6.45) is 2.49. The van der Waals surface area contributed by atoms with Crippen LogP contribution < -0.4 is 15.6 Å². The number of hydrogen-bond donors (Lipinski definition) is 1. The third-order valence-corrected chi connectivity index (χ3v) is 6.04. The van der Waals surface area contributed by atoms with Crippen LogP contribution in [0.3, 0.4) is 0 Å². The molecule has 3 aromatic rings. The summed E-state index contributed by atoms with van der Waals surface area (Å²) in [6, 6.07) is 9.43. The van der Waals surface area contributed by atoms with Crippen LogP contribution in [0.25, 0.3) is 0 Å². The van der Waals surface area contributed by atoms with E-state index in [9.17, 15) is 14.0 Å². The Hall–Kier alpha value is -4.01. The first-order valence-electron chi connectivity index (χ1n) is 11.3. The Labute approximate surface area is 202 Å². The van der Waals surface area contributed by atoms with Gasteiger partial charge in [-0.25, -0.2) is 4.39 Å². The first kappa shape index (κ1) is 24.1. The van der Waals surface area contributed by atoms with Gasteiger partial charge in [0.1, 0.15) is 5.71 Å². The normalized spacial score (nSPS) is 14.9. The Morgan fingerprint density at radius 1 is 1.29 bits per heavy atom. The van der Waals surface area contributed by atoms with E-state index in [2.05, 4.69) is 15.5 Å². The lowest BCUT2D eigenvalue weighted by atomic mass is 9.98. The molecule has 9 heteroatoms. The number of nitrogens with one attached hydrogen (secondary N) is 1. The van der Waals surface area contributed by atoms with Crippen molar-refractivity contribution < 1.29 is 18.8 Å². The Balaban J connectivity index is 1.54. The van der Waals surface area contributed by atoms with Crippen molar-refractivity contribution in [3.05, 3.63) is 92.4 Å². The summed E-state index contributed by atoms with van der Waals surface area (Å²) in [5.41, 5.74) is 4.75. The van der Waals surface area contributed by atoms with Gasteiger partial charge in [-0.1, -0.05) is 18.1 Å². The lowest BCUT2D eigenvalue weighted by Crippen LogP contribution is -2.25. The van der Waals surface area contributed by atoms with Crippen molar-refractivity contribution in [3.63, 3.8) is 0 Å². The summed E-state index contributed by atoms with van der Waals surface area (Å²) in [5.74, 6) is -0.591. The average molecular weight is 479 g/mol. The molecule has 1 aliphatic heterocycles. The molecule has 1 unspecified atom stereocenters. The highest BCUT2D eigenvalue weighted by Gasteiger charge is 2.27. The van der Waals surface area contributed by atoms with Crippen LogP contribution in [0.15, 0.2) is 52.5 Å². The molecule has 0 fully saturated rings. The number of amides is 1. The predicted molar refractivity (Wildman–Crippen MR) is 129 cm³/mol. The molecule has 35 heavy (non-hydrogen) atoms. The number of pyridine rings is 2. The van der Waals surface area contributed by atoms with Gasteiger partial charge in [0.05, 0.1) is 12.8 Å². The number of carbonyl (C=O) groups is 1. The van der Waals surface area contributed by atoms with E-state index in [4.69, 9.17) is 9.57 Å². The smallest absolute Gasteiger partial charge is 0.251 e. The van der Waals surface area contributed by atoms with Gasteiger partial charge in [0.2, 0.25) is 5.56 Å². The molecule has 4 rings (SSSR count). The molecule has 1 amide bonds. The van der Waals surface area contributed by atoms with Crippen LogP contribution >= 0.6 is 0 Å². The highest BCUT2D eigenvalue weighted by Crippen LogP contribution is 2.29. The van der Waals surface area contributed by atoms with E-state index in [0.29, 0.717) is 35.4 Å². The Bertz CT molecular complexity index is 1370. The lowest BCUT2D eigenvalue weighted by molar-refractivity contribution is 0.0852. The minimum absolute atomic E-state index is 0.102. The van der Waals surface area contributed by atoms with E-state index in [-0.39, 0.29) is 29.9 Å². The maximum atomic E-state index is 13.7. The van der Waals surface area contributed by atoms with Crippen molar-refractivity contribution in [1.29, 1.82) is 0 Å². The quantitative estimate of drug-likeness (QED) is 0.560. The second-order valence-electron chi connectivity index (χ2n) is 8.37.